The van der Waals surface area contributed by atoms with Crippen molar-refractivity contribution in [1.29, 1.82) is 0 Å². The molecule has 0 radical (unpaired) electrons. The van der Waals surface area contributed by atoms with Crippen molar-refractivity contribution >= 4 is 40.2 Å². The molecule has 0 aromatic heterocycles. The molecular weight excluding hydrogens is 1080 g/mol. The summed E-state index contributed by atoms with van der Waals surface area (Å²) < 4.78 is 36.1. The van der Waals surface area contributed by atoms with E-state index in [2.05, 4.69) is 121 Å². The fraction of sp³-hybridized carbons (Fsp3) is 0.528. The van der Waals surface area contributed by atoms with E-state index in [0.717, 1.165) is 58.3 Å². The average molecular weight is 1180 g/mol. The van der Waals surface area contributed by atoms with Gasteiger partial charge in [0.25, 0.3) is 0 Å². The van der Waals surface area contributed by atoms with Crippen LogP contribution in [0.3, 0.4) is 0 Å². The van der Waals surface area contributed by atoms with Gasteiger partial charge in [-0.1, -0.05) is 211 Å². The molecule has 0 aliphatic carbocycles. The molecule has 458 valence electrons. The molecule has 2 fully saturated rings. The van der Waals surface area contributed by atoms with Gasteiger partial charge in [-0.2, -0.15) is 0 Å². The van der Waals surface area contributed by atoms with Crippen LogP contribution in [0.15, 0.2) is 109 Å². The lowest BCUT2D eigenvalue weighted by Crippen LogP contribution is -2.34. The van der Waals surface area contributed by atoms with Gasteiger partial charge >= 0.3 is 11.9 Å². The first-order valence-electron chi connectivity index (χ1n) is 30.5. The van der Waals surface area contributed by atoms with Crippen molar-refractivity contribution in [1.82, 2.24) is 0 Å². The van der Waals surface area contributed by atoms with E-state index >= 15 is 0 Å². The highest BCUT2D eigenvalue weighted by molar-refractivity contribution is 6.76. The molecule has 84 heavy (non-hydrogen) atoms. The van der Waals surface area contributed by atoms with Crippen LogP contribution < -0.4 is 0 Å². The average Bonchev–Trinajstić information content (AvgIpc) is 3.92. The third kappa shape index (κ3) is 22.9. The Morgan fingerprint density at radius 2 is 1.01 bits per heavy atom. The van der Waals surface area contributed by atoms with Gasteiger partial charge in [-0.3, -0.25) is 0 Å². The summed E-state index contributed by atoms with van der Waals surface area (Å²) in [6, 6.07) is 30.7. The lowest BCUT2D eigenvalue weighted by Gasteiger charge is -2.22. The number of hydrogen-bond acceptors (Lipinski definition) is 10. The van der Waals surface area contributed by atoms with Crippen molar-refractivity contribution in [2.45, 2.75) is 208 Å². The van der Waals surface area contributed by atoms with Gasteiger partial charge in [0.15, 0.2) is 11.6 Å². The van der Waals surface area contributed by atoms with Crippen LogP contribution in [0, 0.1) is 63.2 Å². The topological polar surface area (TPSA) is 130 Å². The Hall–Kier alpha value is -5.21. The summed E-state index contributed by atoms with van der Waals surface area (Å²) in [4.78, 5) is 26.2. The van der Waals surface area contributed by atoms with Crippen molar-refractivity contribution in [3.8, 4) is 11.8 Å². The fourth-order valence-corrected chi connectivity index (χ4v) is 12.0. The predicted octanol–water partition coefficient (Wildman–Crippen LogP) is 15.8. The smallest absolute Gasteiger partial charge is 0.338 e. The Bertz CT molecular complexity index is 2900. The van der Waals surface area contributed by atoms with E-state index in [-0.39, 0.29) is 30.1 Å². The molecule has 12 heteroatoms. The number of ether oxygens (including phenoxy) is 6. The van der Waals surface area contributed by atoms with Crippen LogP contribution in [0.5, 0.6) is 0 Å². The van der Waals surface area contributed by atoms with Crippen LogP contribution in [0.4, 0.5) is 0 Å². The summed E-state index contributed by atoms with van der Waals surface area (Å²) in [5, 5.41) is 22.4. The standard InChI is InChI=1S/C36H52O5Si.C36H50O5Si/c2*1-25(2)29(24-28-14-11-10-12-15-28)18-19-31(37)34-32(40-36(5,6)41-34)17-13-16-30-23-26(3)22-27(4)33(30)35(38)39-20-21-42(7,8)9/h10-16,18-19,22-23,25,29,31-32,34,37H,17,20-21,24H2,1-9H3;10-16,22-23,25,29,31-32,34,37H,17,20-21,24H2,1-9H3/b16-13+,19-18-;16-13+/t29?,31?,32-,34+;29-,31?,32+,34-/m01/s1. The zero-order valence-electron chi connectivity index (χ0n) is 54.1. The largest absolute Gasteiger partial charge is 0.462 e. The quantitative estimate of drug-likeness (QED) is 0.0303. The Morgan fingerprint density at radius 1 is 0.583 bits per heavy atom. The Morgan fingerprint density at radius 3 is 1.44 bits per heavy atom. The molecule has 6 rings (SSSR count). The van der Waals surface area contributed by atoms with Crippen molar-refractivity contribution in [2.24, 2.45) is 23.7 Å². The number of aliphatic hydroxyl groups excluding tert-OH is 2. The Balaban J connectivity index is 0.000000307. The molecule has 0 saturated carbocycles. The van der Waals surface area contributed by atoms with Crippen molar-refractivity contribution in [3.63, 3.8) is 0 Å². The molecule has 8 atom stereocenters. The number of carbonyl (C=O) groups is 2. The number of aryl methyl sites for hydroxylation is 4. The van der Waals surface area contributed by atoms with Crippen molar-refractivity contribution < 1.29 is 48.2 Å². The molecule has 2 saturated heterocycles. The summed E-state index contributed by atoms with van der Waals surface area (Å²) >= 11 is 0. The molecule has 4 aromatic carbocycles. The van der Waals surface area contributed by atoms with Gasteiger partial charge in [-0.05, 0) is 144 Å². The Kier molecular flexibility index (Phi) is 26.0. The van der Waals surface area contributed by atoms with E-state index in [1.165, 1.54) is 11.1 Å². The molecule has 0 spiro atoms. The minimum atomic E-state index is -1.31. The monoisotopic (exact) mass is 1180 g/mol. The summed E-state index contributed by atoms with van der Waals surface area (Å²) in [6.45, 7) is 38.7. The number of hydrogen-bond donors (Lipinski definition) is 2. The second kappa shape index (κ2) is 31.4. The summed E-state index contributed by atoms with van der Waals surface area (Å²) in [6.07, 6.45) is 11.1. The fourth-order valence-electron chi connectivity index (χ4n) is 10.5. The third-order valence-electron chi connectivity index (χ3n) is 15.3. The van der Waals surface area contributed by atoms with Gasteiger partial charge < -0.3 is 38.6 Å². The van der Waals surface area contributed by atoms with Crippen molar-refractivity contribution in [3.05, 3.63) is 165 Å². The molecule has 2 aliphatic rings. The first kappa shape index (κ1) is 69.6. The molecule has 3 unspecified atom stereocenters. The van der Waals surface area contributed by atoms with Crippen LogP contribution in [0.1, 0.15) is 133 Å². The molecule has 10 nitrogen and oxygen atoms in total. The first-order chi connectivity index (χ1) is 39.3. The molecule has 0 amide bonds. The highest BCUT2D eigenvalue weighted by Gasteiger charge is 2.45. The van der Waals surface area contributed by atoms with E-state index in [1.54, 1.807) is 0 Å². The van der Waals surface area contributed by atoms with E-state index < -0.39 is 52.1 Å². The maximum Gasteiger partial charge on any atom is 0.338 e. The number of allylic oxidation sites excluding steroid dienone is 1. The van der Waals surface area contributed by atoms with E-state index in [9.17, 15) is 19.8 Å². The van der Waals surface area contributed by atoms with E-state index in [0.29, 0.717) is 54.9 Å². The number of carbonyl (C=O) groups excluding carboxylic acids is 2. The van der Waals surface area contributed by atoms with Crippen LogP contribution in [-0.4, -0.2) is 99.7 Å². The highest BCUT2D eigenvalue weighted by Crippen LogP contribution is 2.35. The maximum absolute atomic E-state index is 13.1. The molecule has 2 aliphatic heterocycles. The predicted molar refractivity (Wildman–Crippen MR) is 350 cm³/mol. The molecule has 0 bridgehead atoms. The summed E-state index contributed by atoms with van der Waals surface area (Å²) in [5.74, 6) is 5.40. The van der Waals surface area contributed by atoms with Gasteiger partial charge in [0.05, 0.1) is 36.5 Å². The second-order valence-electron chi connectivity index (χ2n) is 27.3. The van der Waals surface area contributed by atoms with Gasteiger partial charge in [-0.15, -0.1) is 0 Å². The van der Waals surface area contributed by atoms with Crippen LogP contribution in [-0.2, 0) is 41.3 Å². The van der Waals surface area contributed by atoms with E-state index in [1.807, 2.05) is 134 Å². The molecule has 2 heterocycles. The summed E-state index contributed by atoms with van der Waals surface area (Å²) in [7, 11) is -2.61. The first-order valence-corrected chi connectivity index (χ1v) is 38.0. The zero-order valence-corrected chi connectivity index (χ0v) is 56.1. The lowest BCUT2D eigenvalue weighted by molar-refractivity contribution is -0.152. The molecule has 4 aromatic rings. The van der Waals surface area contributed by atoms with E-state index in [4.69, 9.17) is 28.4 Å². The number of benzene rings is 4. The normalized spacial score (nSPS) is 20.2. The highest BCUT2D eigenvalue weighted by atomic mass is 28.3. The second-order valence-corrected chi connectivity index (χ2v) is 38.5. The van der Waals surface area contributed by atoms with Gasteiger partial charge in [-0.25, -0.2) is 9.59 Å². The van der Waals surface area contributed by atoms with Crippen LogP contribution in [0.25, 0.3) is 12.2 Å². The van der Waals surface area contributed by atoms with Gasteiger partial charge in [0.1, 0.15) is 24.4 Å². The minimum absolute atomic E-state index is 0.115. The van der Waals surface area contributed by atoms with Crippen LogP contribution >= 0.6 is 0 Å². The number of aliphatic hydroxyl groups is 2. The minimum Gasteiger partial charge on any atom is -0.462 e. The lowest BCUT2D eigenvalue weighted by atomic mass is 9.88. The maximum atomic E-state index is 13.1. The molecular formula is C72H102O10Si2. The zero-order chi connectivity index (χ0) is 62.2. The SMILES string of the molecule is Cc1cc(C)c(C(=O)OCC[Si](C)(C)C)c(/C=C/C[C@@H]2OC(C)(C)O[C@@H]2C(O)/C=C\C(Cc2ccccc2)C(C)C)c1.Cc1cc(C)c(C(=O)OCC[Si](C)(C)C)c(/C=C/C[C@@H]2OC(C)(C)O[C@@H]2C(O)C#C[C@H](Cc2ccccc2)C(C)C)c1. The van der Waals surface area contributed by atoms with Crippen LogP contribution in [0.2, 0.25) is 51.4 Å². The number of rotatable bonds is 24. The molecule has 2 N–H and O–H groups in total. The van der Waals surface area contributed by atoms with Gasteiger partial charge in [0, 0.05) is 22.1 Å². The number of esters is 2. The summed E-state index contributed by atoms with van der Waals surface area (Å²) in [5.41, 5.74) is 9.33. The Labute approximate surface area is 507 Å². The third-order valence-corrected chi connectivity index (χ3v) is 18.7. The van der Waals surface area contributed by atoms with Crippen molar-refractivity contribution in [2.75, 3.05) is 13.2 Å². The van der Waals surface area contributed by atoms with Gasteiger partial charge in [0.2, 0.25) is 0 Å².